The molecular weight excluding hydrogens is 442 g/mol. The summed E-state index contributed by atoms with van der Waals surface area (Å²) < 4.78 is 10.2. The summed E-state index contributed by atoms with van der Waals surface area (Å²) >= 11 is 0. The number of nitrogens with one attached hydrogen (secondary N) is 1. The molecule has 200 valence electrons. The number of esters is 2. The van der Waals surface area contributed by atoms with Crippen molar-refractivity contribution >= 4 is 17.7 Å². The van der Waals surface area contributed by atoms with E-state index < -0.39 is 11.9 Å². The molecular formula is C29H49NO5. The molecule has 0 aromatic carbocycles. The van der Waals surface area contributed by atoms with Gasteiger partial charge in [-0.05, 0) is 25.8 Å². The van der Waals surface area contributed by atoms with Crippen LogP contribution in [-0.2, 0) is 20.9 Å². The van der Waals surface area contributed by atoms with Crippen LogP contribution in [0.25, 0.3) is 0 Å². The summed E-state index contributed by atoms with van der Waals surface area (Å²) in [6.07, 6.45) is 19.6. The minimum Gasteiger partial charge on any atom is -0.461 e. The van der Waals surface area contributed by atoms with E-state index in [1.54, 1.807) is 13.8 Å². The van der Waals surface area contributed by atoms with Gasteiger partial charge in [-0.1, -0.05) is 96.8 Å². The average Bonchev–Trinajstić information content (AvgIpc) is 3.16. The molecule has 0 atom stereocenters. The maximum atomic E-state index is 12.9. The minimum absolute atomic E-state index is 0.0221. The van der Waals surface area contributed by atoms with Gasteiger partial charge in [0.1, 0.15) is 12.3 Å². The number of Topliss-reactive ketones (excluding diaryl/α,β-unsaturated/α-hetero) is 1. The van der Waals surface area contributed by atoms with Crippen LogP contribution in [0.15, 0.2) is 0 Å². The van der Waals surface area contributed by atoms with Crippen molar-refractivity contribution in [1.29, 1.82) is 0 Å². The highest BCUT2D eigenvalue weighted by molar-refractivity contribution is 6.02. The average molecular weight is 492 g/mol. The minimum atomic E-state index is -0.500. The van der Waals surface area contributed by atoms with Crippen LogP contribution in [0.1, 0.15) is 156 Å². The molecule has 6 heteroatoms. The third-order valence-corrected chi connectivity index (χ3v) is 6.51. The van der Waals surface area contributed by atoms with E-state index in [9.17, 15) is 14.4 Å². The highest BCUT2D eigenvalue weighted by Crippen LogP contribution is 2.23. The number of H-pyrrole nitrogens is 1. The number of hydrogen-bond acceptors (Lipinski definition) is 5. The normalized spacial score (nSPS) is 11.0. The van der Waals surface area contributed by atoms with Gasteiger partial charge in [0.25, 0.3) is 0 Å². The fraction of sp³-hybridized carbons (Fsp3) is 0.759. The molecule has 6 nitrogen and oxygen atoms in total. The van der Waals surface area contributed by atoms with Gasteiger partial charge in [0.2, 0.25) is 0 Å². The van der Waals surface area contributed by atoms with Crippen LogP contribution in [0.4, 0.5) is 0 Å². The van der Waals surface area contributed by atoms with Crippen molar-refractivity contribution in [1.82, 2.24) is 4.98 Å². The number of hydrogen-bond donors (Lipinski definition) is 1. The van der Waals surface area contributed by atoms with Gasteiger partial charge in [0, 0.05) is 18.9 Å². The molecule has 0 fully saturated rings. The molecule has 0 amide bonds. The zero-order valence-electron chi connectivity index (χ0n) is 22.8. The van der Waals surface area contributed by atoms with Crippen LogP contribution in [-0.4, -0.2) is 29.3 Å². The molecule has 0 aliphatic rings. The summed E-state index contributed by atoms with van der Waals surface area (Å²) in [7, 11) is 0. The van der Waals surface area contributed by atoms with Gasteiger partial charge in [-0.2, -0.15) is 0 Å². The SMILES string of the molecule is CCCCCCCCCCCCCCCCCC(=O)c1c(COC(C)=O)[nH]c(C(=O)OCC)c1C. The van der Waals surface area contributed by atoms with Crippen molar-refractivity contribution < 1.29 is 23.9 Å². The zero-order chi connectivity index (χ0) is 25.9. The van der Waals surface area contributed by atoms with Crippen molar-refractivity contribution in [2.45, 2.75) is 137 Å². The van der Waals surface area contributed by atoms with E-state index in [1.165, 1.54) is 84.0 Å². The fourth-order valence-electron chi connectivity index (χ4n) is 4.51. The molecule has 0 saturated heterocycles. The van der Waals surface area contributed by atoms with Gasteiger partial charge in [0.15, 0.2) is 5.78 Å². The van der Waals surface area contributed by atoms with Crippen molar-refractivity contribution in [3.8, 4) is 0 Å². The third kappa shape index (κ3) is 13.0. The molecule has 1 heterocycles. The number of unbranched alkanes of at least 4 members (excludes halogenated alkanes) is 14. The number of ether oxygens (including phenoxy) is 2. The van der Waals surface area contributed by atoms with Crippen molar-refractivity contribution in [3.05, 3.63) is 22.5 Å². The zero-order valence-corrected chi connectivity index (χ0v) is 22.8. The lowest BCUT2D eigenvalue weighted by Gasteiger charge is -2.06. The molecule has 1 aromatic rings. The Kier molecular flexibility index (Phi) is 16.9. The monoisotopic (exact) mass is 491 g/mol. The lowest BCUT2D eigenvalue weighted by molar-refractivity contribution is -0.142. The molecule has 0 radical (unpaired) electrons. The lowest BCUT2D eigenvalue weighted by atomic mass is 9.99. The van der Waals surface area contributed by atoms with Gasteiger partial charge < -0.3 is 14.5 Å². The first-order valence-electron chi connectivity index (χ1n) is 14.0. The second kappa shape index (κ2) is 19.1. The van der Waals surface area contributed by atoms with E-state index >= 15 is 0 Å². The van der Waals surface area contributed by atoms with Crippen LogP contribution >= 0.6 is 0 Å². The van der Waals surface area contributed by atoms with Gasteiger partial charge >= 0.3 is 11.9 Å². The smallest absolute Gasteiger partial charge is 0.355 e. The second-order valence-electron chi connectivity index (χ2n) is 9.60. The molecule has 35 heavy (non-hydrogen) atoms. The topological polar surface area (TPSA) is 85.5 Å². The Morgan fingerprint density at radius 2 is 1.20 bits per heavy atom. The molecule has 0 unspecified atom stereocenters. The van der Waals surface area contributed by atoms with E-state index in [-0.39, 0.29) is 24.7 Å². The molecule has 0 saturated carbocycles. The van der Waals surface area contributed by atoms with Crippen LogP contribution < -0.4 is 0 Å². The van der Waals surface area contributed by atoms with Crippen molar-refractivity contribution in [2.75, 3.05) is 6.61 Å². The number of rotatable bonds is 21. The summed E-state index contributed by atoms with van der Waals surface area (Å²) in [4.78, 5) is 39.4. The van der Waals surface area contributed by atoms with Crippen LogP contribution in [0.2, 0.25) is 0 Å². The Morgan fingerprint density at radius 3 is 1.66 bits per heavy atom. The molecule has 0 aliphatic carbocycles. The number of carbonyl (C=O) groups is 3. The molecule has 1 aromatic heterocycles. The Labute approximate surface area is 212 Å². The predicted octanol–water partition coefficient (Wildman–Crippen LogP) is 8.01. The van der Waals surface area contributed by atoms with Crippen LogP contribution in [0.5, 0.6) is 0 Å². The summed E-state index contributed by atoms with van der Waals surface area (Å²) in [5.41, 5.74) is 1.75. The maximum Gasteiger partial charge on any atom is 0.355 e. The highest BCUT2D eigenvalue weighted by Gasteiger charge is 2.24. The quantitative estimate of drug-likeness (QED) is 0.107. The molecule has 0 spiro atoms. The van der Waals surface area contributed by atoms with Gasteiger partial charge in [-0.3, -0.25) is 9.59 Å². The summed E-state index contributed by atoms with van der Waals surface area (Å²) in [5.74, 6) is -0.956. The Hall–Kier alpha value is -2.11. The lowest BCUT2D eigenvalue weighted by Crippen LogP contribution is -2.07. The Bertz CT molecular complexity index is 752. The van der Waals surface area contributed by atoms with Crippen molar-refractivity contribution in [3.63, 3.8) is 0 Å². The largest absolute Gasteiger partial charge is 0.461 e. The highest BCUT2D eigenvalue weighted by atomic mass is 16.5. The Balaban J connectivity index is 2.29. The number of aromatic amines is 1. The Morgan fingerprint density at radius 1 is 0.714 bits per heavy atom. The van der Waals surface area contributed by atoms with E-state index in [0.717, 1.165) is 19.3 Å². The summed E-state index contributed by atoms with van der Waals surface area (Å²) in [5, 5.41) is 0. The standard InChI is InChI=1S/C29H49NO5/c1-5-7-8-9-10-11-12-13-14-15-16-17-18-19-20-21-26(32)27-23(3)28(29(33)34-6-2)30-25(27)22-35-24(4)31/h30H,5-22H2,1-4H3. The second-order valence-corrected chi connectivity index (χ2v) is 9.60. The fourth-order valence-corrected chi connectivity index (χ4v) is 4.51. The number of ketones is 1. The number of aromatic nitrogens is 1. The van der Waals surface area contributed by atoms with Gasteiger partial charge in [0.05, 0.1) is 12.3 Å². The number of carbonyl (C=O) groups excluding carboxylic acids is 3. The van der Waals surface area contributed by atoms with E-state index in [1.807, 2.05) is 0 Å². The van der Waals surface area contributed by atoms with Crippen LogP contribution in [0, 0.1) is 6.92 Å². The first-order chi connectivity index (χ1) is 16.9. The first-order valence-corrected chi connectivity index (χ1v) is 14.0. The predicted molar refractivity (Wildman–Crippen MR) is 141 cm³/mol. The van der Waals surface area contributed by atoms with E-state index in [4.69, 9.17) is 9.47 Å². The van der Waals surface area contributed by atoms with Gasteiger partial charge in [-0.15, -0.1) is 0 Å². The van der Waals surface area contributed by atoms with E-state index in [2.05, 4.69) is 11.9 Å². The molecule has 0 bridgehead atoms. The van der Waals surface area contributed by atoms with Gasteiger partial charge in [-0.25, -0.2) is 4.79 Å². The molecule has 0 aliphatic heterocycles. The first kappa shape index (κ1) is 30.9. The van der Waals surface area contributed by atoms with E-state index in [0.29, 0.717) is 23.2 Å². The summed E-state index contributed by atoms with van der Waals surface area (Å²) in [6, 6.07) is 0. The third-order valence-electron chi connectivity index (χ3n) is 6.51. The summed E-state index contributed by atoms with van der Waals surface area (Å²) in [6.45, 7) is 7.24. The maximum absolute atomic E-state index is 12.9. The van der Waals surface area contributed by atoms with Crippen LogP contribution in [0.3, 0.4) is 0 Å². The molecule has 1 rings (SSSR count). The van der Waals surface area contributed by atoms with Crippen molar-refractivity contribution in [2.24, 2.45) is 0 Å². The molecule has 1 N–H and O–H groups in total.